The molecule has 0 bridgehead atoms. The Morgan fingerprint density at radius 3 is 2.60 bits per heavy atom. The number of hydrogen-bond acceptors (Lipinski definition) is 5. The lowest BCUT2D eigenvalue weighted by atomic mass is 10.1. The largest absolute Gasteiger partial charge is 0.495 e. The van der Waals surface area contributed by atoms with Crippen LogP contribution in [0.4, 0.5) is 0 Å². The minimum Gasteiger partial charge on any atom is -0.495 e. The fraction of sp³-hybridized carbons (Fsp3) is 0.412. The molecule has 0 amide bonds. The van der Waals surface area contributed by atoms with E-state index in [1.54, 1.807) is 22.9 Å². The molecular weight excluding hydrogens is 340 g/mol. The van der Waals surface area contributed by atoms with Gasteiger partial charge >= 0.3 is 0 Å². The molecule has 1 aliphatic rings. The smallest absolute Gasteiger partial charge is 0.247 e. The SMILES string of the molecule is COc1cc(C)c(C)cc1S(=O)(=O)N1CCCn2nc(C#N)cc2C1. The molecule has 0 saturated carbocycles. The van der Waals surface area contributed by atoms with E-state index in [4.69, 9.17) is 10.00 Å². The molecule has 2 heterocycles. The first-order valence-corrected chi connectivity index (χ1v) is 9.43. The molecule has 0 fully saturated rings. The fourth-order valence-electron chi connectivity index (χ4n) is 2.96. The lowest BCUT2D eigenvalue weighted by Crippen LogP contribution is -2.31. The van der Waals surface area contributed by atoms with E-state index in [9.17, 15) is 8.42 Å². The number of rotatable bonds is 3. The van der Waals surface area contributed by atoms with Crippen molar-refractivity contribution in [2.24, 2.45) is 0 Å². The van der Waals surface area contributed by atoms with Crippen LogP contribution in [-0.2, 0) is 23.1 Å². The Bertz CT molecular complexity index is 957. The Morgan fingerprint density at radius 1 is 1.20 bits per heavy atom. The predicted molar refractivity (Wildman–Crippen MR) is 91.6 cm³/mol. The number of benzene rings is 1. The van der Waals surface area contributed by atoms with Crippen LogP contribution in [0, 0.1) is 25.2 Å². The summed E-state index contributed by atoms with van der Waals surface area (Å²) in [7, 11) is -2.25. The number of fused-ring (bicyclic) bond motifs is 1. The van der Waals surface area contributed by atoms with Crippen molar-refractivity contribution >= 4 is 10.0 Å². The van der Waals surface area contributed by atoms with Crippen molar-refractivity contribution in [1.29, 1.82) is 5.26 Å². The summed E-state index contributed by atoms with van der Waals surface area (Å²) in [5.41, 5.74) is 2.90. The van der Waals surface area contributed by atoms with Gasteiger partial charge in [-0.05, 0) is 49.6 Å². The van der Waals surface area contributed by atoms with Gasteiger partial charge in [-0.1, -0.05) is 0 Å². The van der Waals surface area contributed by atoms with Crippen LogP contribution < -0.4 is 4.74 Å². The summed E-state index contributed by atoms with van der Waals surface area (Å²) < 4.78 is 34.9. The van der Waals surface area contributed by atoms with Gasteiger partial charge in [-0.15, -0.1) is 0 Å². The molecule has 132 valence electrons. The maximum absolute atomic E-state index is 13.2. The molecule has 0 aliphatic carbocycles. The highest BCUT2D eigenvalue weighted by molar-refractivity contribution is 7.89. The van der Waals surface area contributed by atoms with Gasteiger partial charge in [0, 0.05) is 13.1 Å². The Labute approximate surface area is 147 Å². The molecule has 1 aliphatic heterocycles. The van der Waals surface area contributed by atoms with E-state index in [1.807, 2.05) is 19.9 Å². The first-order chi connectivity index (χ1) is 11.9. The van der Waals surface area contributed by atoms with Crippen molar-refractivity contribution in [2.45, 2.75) is 38.3 Å². The first kappa shape index (κ1) is 17.5. The van der Waals surface area contributed by atoms with Gasteiger partial charge in [0.25, 0.3) is 0 Å². The van der Waals surface area contributed by atoms with Crippen molar-refractivity contribution in [3.63, 3.8) is 0 Å². The van der Waals surface area contributed by atoms with E-state index in [2.05, 4.69) is 5.10 Å². The maximum Gasteiger partial charge on any atom is 0.247 e. The third-order valence-corrected chi connectivity index (χ3v) is 6.36. The molecule has 0 N–H and O–H groups in total. The van der Waals surface area contributed by atoms with Crippen molar-refractivity contribution in [3.8, 4) is 11.8 Å². The van der Waals surface area contributed by atoms with Gasteiger partial charge in [0.1, 0.15) is 16.7 Å². The van der Waals surface area contributed by atoms with Crippen LogP contribution in [0.25, 0.3) is 0 Å². The zero-order valence-corrected chi connectivity index (χ0v) is 15.3. The lowest BCUT2D eigenvalue weighted by Gasteiger charge is -2.22. The predicted octanol–water partition coefficient (Wildman–Crippen LogP) is 1.97. The number of nitriles is 1. The molecule has 0 saturated heterocycles. The molecular formula is C17H20N4O3S. The normalized spacial score (nSPS) is 15.3. The molecule has 0 radical (unpaired) electrons. The quantitative estimate of drug-likeness (QED) is 0.835. The van der Waals surface area contributed by atoms with Gasteiger partial charge in [-0.2, -0.15) is 14.7 Å². The third-order valence-electron chi connectivity index (χ3n) is 4.49. The lowest BCUT2D eigenvalue weighted by molar-refractivity contribution is 0.386. The topological polar surface area (TPSA) is 88.2 Å². The second-order valence-electron chi connectivity index (χ2n) is 6.14. The minimum atomic E-state index is -3.72. The molecule has 0 unspecified atom stereocenters. The summed E-state index contributed by atoms with van der Waals surface area (Å²) in [5.74, 6) is 0.346. The molecule has 2 aromatic rings. The molecule has 7 nitrogen and oxygen atoms in total. The maximum atomic E-state index is 13.2. The van der Waals surface area contributed by atoms with E-state index in [0.29, 0.717) is 31.0 Å². The zero-order valence-electron chi connectivity index (χ0n) is 14.5. The van der Waals surface area contributed by atoms with E-state index < -0.39 is 10.0 Å². The van der Waals surface area contributed by atoms with Crippen LogP contribution in [0.15, 0.2) is 23.1 Å². The van der Waals surface area contributed by atoms with Crippen LogP contribution >= 0.6 is 0 Å². The highest BCUT2D eigenvalue weighted by atomic mass is 32.2. The summed E-state index contributed by atoms with van der Waals surface area (Å²) in [6.07, 6.45) is 0.631. The van der Waals surface area contributed by atoms with Gasteiger partial charge in [0.2, 0.25) is 10.0 Å². The van der Waals surface area contributed by atoms with Crippen LogP contribution in [0.1, 0.15) is 28.9 Å². The molecule has 1 aromatic carbocycles. The molecule has 8 heteroatoms. The van der Waals surface area contributed by atoms with Gasteiger partial charge in [-0.25, -0.2) is 8.42 Å². The van der Waals surface area contributed by atoms with Crippen LogP contribution in [-0.4, -0.2) is 36.2 Å². The molecule has 0 atom stereocenters. The average molecular weight is 360 g/mol. The summed E-state index contributed by atoms with van der Waals surface area (Å²) >= 11 is 0. The fourth-order valence-corrected chi connectivity index (χ4v) is 4.63. The van der Waals surface area contributed by atoms with E-state index in [0.717, 1.165) is 16.8 Å². The monoisotopic (exact) mass is 360 g/mol. The van der Waals surface area contributed by atoms with Gasteiger partial charge in [-0.3, -0.25) is 4.68 Å². The van der Waals surface area contributed by atoms with E-state index >= 15 is 0 Å². The van der Waals surface area contributed by atoms with Crippen LogP contribution in [0.2, 0.25) is 0 Å². The van der Waals surface area contributed by atoms with Crippen LogP contribution in [0.5, 0.6) is 5.75 Å². The number of ether oxygens (including phenoxy) is 1. The second kappa shape index (κ2) is 6.50. The summed E-state index contributed by atoms with van der Waals surface area (Å²) in [6.45, 7) is 4.97. The van der Waals surface area contributed by atoms with Crippen LogP contribution in [0.3, 0.4) is 0 Å². The van der Waals surface area contributed by atoms with Gasteiger partial charge in [0.05, 0.1) is 19.3 Å². The van der Waals surface area contributed by atoms with E-state index in [1.165, 1.54) is 11.4 Å². The molecule has 3 rings (SSSR count). The number of aromatic nitrogens is 2. The number of aryl methyl sites for hydroxylation is 3. The van der Waals surface area contributed by atoms with E-state index in [-0.39, 0.29) is 11.4 Å². The van der Waals surface area contributed by atoms with Crippen molar-refractivity contribution in [3.05, 3.63) is 40.7 Å². The van der Waals surface area contributed by atoms with Crippen molar-refractivity contribution in [2.75, 3.05) is 13.7 Å². The Kier molecular flexibility index (Phi) is 4.54. The molecule has 0 spiro atoms. The standard InChI is InChI=1S/C17H20N4O3S/c1-12-7-16(24-3)17(8-13(12)2)25(22,23)20-5-4-6-21-15(11-20)9-14(10-18)19-21/h7-9H,4-6,11H2,1-3H3. The summed E-state index contributed by atoms with van der Waals surface area (Å²) in [6, 6.07) is 7.05. The Hall–Kier alpha value is -2.37. The number of methoxy groups -OCH3 is 1. The highest BCUT2D eigenvalue weighted by Gasteiger charge is 2.30. The zero-order chi connectivity index (χ0) is 18.2. The van der Waals surface area contributed by atoms with Crippen molar-refractivity contribution in [1.82, 2.24) is 14.1 Å². The van der Waals surface area contributed by atoms with Gasteiger partial charge in [0.15, 0.2) is 5.69 Å². The average Bonchev–Trinajstić information content (AvgIpc) is 2.87. The molecule has 25 heavy (non-hydrogen) atoms. The third kappa shape index (κ3) is 3.13. The highest BCUT2D eigenvalue weighted by Crippen LogP contribution is 2.31. The summed E-state index contributed by atoms with van der Waals surface area (Å²) in [5, 5.41) is 13.2. The Morgan fingerprint density at radius 2 is 1.92 bits per heavy atom. The summed E-state index contributed by atoms with van der Waals surface area (Å²) in [4.78, 5) is 0.173. The minimum absolute atomic E-state index is 0.173. The first-order valence-electron chi connectivity index (χ1n) is 7.99. The Balaban J connectivity index is 2.03. The number of hydrogen-bond donors (Lipinski definition) is 0. The van der Waals surface area contributed by atoms with Crippen molar-refractivity contribution < 1.29 is 13.2 Å². The number of nitrogens with zero attached hydrogens (tertiary/aromatic N) is 4. The molecule has 1 aromatic heterocycles. The van der Waals surface area contributed by atoms with Gasteiger partial charge < -0.3 is 4.74 Å². The number of sulfonamides is 1. The second-order valence-corrected chi connectivity index (χ2v) is 8.04.